The molecule has 1 aromatic carbocycles. The molecule has 1 heterocycles. The van der Waals surface area contributed by atoms with E-state index in [9.17, 15) is 4.79 Å². The van der Waals surface area contributed by atoms with Crippen molar-refractivity contribution >= 4 is 16.8 Å². The molecule has 14 heavy (non-hydrogen) atoms. The van der Waals surface area contributed by atoms with Crippen LogP contribution in [0.5, 0.6) is 0 Å². The Balaban J connectivity index is 2.57. The summed E-state index contributed by atoms with van der Waals surface area (Å²) in [7, 11) is 1.63. The van der Waals surface area contributed by atoms with Gasteiger partial charge in [0.15, 0.2) is 0 Å². The Morgan fingerprint density at radius 1 is 1.43 bits per heavy atom. The van der Waals surface area contributed by atoms with Crippen molar-refractivity contribution in [2.24, 2.45) is 0 Å². The molecule has 0 aliphatic carbocycles. The number of H-pyrrole nitrogens is 1. The number of hydrogen-bond acceptors (Lipinski definition) is 1. The van der Waals surface area contributed by atoms with Crippen molar-refractivity contribution in [3.63, 3.8) is 0 Å². The Bertz CT molecular complexity index is 485. The third-order valence-corrected chi connectivity index (χ3v) is 2.38. The summed E-state index contributed by atoms with van der Waals surface area (Å²) < 4.78 is 0. The predicted octanol–water partition coefficient (Wildman–Crippen LogP) is 1.84. The number of amides is 1. The average molecular weight is 188 g/mol. The highest BCUT2D eigenvalue weighted by atomic mass is 16.1. The Morgan fingerprint density at radius 3 is 2.93 bits per heavy atom. The first-order valence-electron chi connectivity index (χ1n) is 4.52. The van der Waals surface area contributed by atoms with Crippen molar-refractivity contribution in [2.45, 2.75) is 6.92 Å². The van der Waals surface area contributed by atoms with E-state index in [0.717, 1.165) is 10.9 Å². The van der Waals surface area contributed by atoms with Gasteiger partial charge < -0.3 is 10.3 Å². The van der Waals surface area contributed by atoms with Crippen molar-refractivity contribution in [3.05, 3.63) is 35.5 Å². The lowest BCUT2D eigenvalue weighted by atomic mass is 10.1. The quantitative estimate of drug-likeness (QED) is 0.704. The summed E-state index contributed by atoms with van der Waals surface area (Å²) in [5, 5.41) is 3.76. The number of aryl methyl sites for hydroxylation is 1. The summed E-state index contributed by atoms with van der Waals surface area (Å²) in [5.74, 6) is -0.0563. The highest BCUT2D eigenvalue weighted by Crippen LogP contribution is 2.18. The van der Waals surface area contributed by atoms with Gasteiger partial charge in [-0.15, -0.1) is 0 Å². The molecule has 0 aliphatic heterocycles. The third-order valence-electron chi connectivity index (χ3n) is 2.38. The third kappa shape index (κ3) is 1.27. The second-order valence-electron chi connectivity index (χ2n) is 3.31. The fraction of sp³-hybridized carbons (Fsp3) is 0.182. The predicted molar refractivity (Wildman–Crippen MR) is 56.4 cm³/mol. The average Bonchev–Trinajstić information content (AvgIpc) is 2.59. The first-order chi connectivity index (χ1) is 6.72. The molecule has 0 unspecified atom stereocenters. The van der Waals surface area contributed by atoms with E-state index in [1.54, 1.807) is 7.05 Å². The summed E-state index contributed by atoms with van der Waals surface area (Å²) in [4.78, 5) is 14.5. The van der Waals surface area contributed by atoms with Crippen molar-refractivity contribution < 1.29 is 4.79 Å². The van der Waals surface area contributed by atoms with Gasteiger partial charge in [0.25, 0.3) is 5.91 Å². The maximum atomic E-state index is 11.3. The molecule has 0 aliphatic rings. The normalized spacial score (nSPS) is 10.4. The second kappa shape index (κ2) is 3.18. The van der Waals surface area contributed by atoms with Crippen molar-refractivity contribution in [1.82, 2.24) is 10.3 Å². The lowest BCUT2D eigenvalue weighted by molar-refractivity contribution is 0.0963. The van der Waals surface area contributed by atoms with Gasteiger partial charge in [-0.2, -0.15) is 0 Å². The Kier molecular flexibility index (Phi) is 2.00. The molecule has 0 saturated heterocycles. The van der Waals surface area contributed by atoms with Gasteiger partial charge in [-0.25, -0.2) is 0 Å². The molecule has 2 N–H and O–H groups in total. The van der Waals surface area contributed by atoms with Gasteiger partial charge in [0.05, 0.1) is 0 Å². The molecule has 1 aromatic heterocycles. The fourth-order valence-corrected chi connectivity index (χ4v) is 1.56. The zero-order valence-corrected chi connectivity index (χ0v) is 8.22. The summed E-state index contributed by atoms with van der Waals surface area (Å²) in [6.07, 6.45) is 1.94. The molecular weight excluding hydrogens is 176 g/mol. The largest absolute Gasteiger partial charge is 0.361 e. The lowest BCUT2D eigenvalue weighted by Gasteiger charge is -1.99. The molecule has 0 fully saturated rings. The van der Waals surface area contributed by atoms with Crippen LogP contribution in [0.2, 0.25) is 0 Å². The standard InChI is InChI=1S/C11H12N2O/c1-7-6-13-10-5-8(11(14)12-2)3-4-9(7)10/h3-6,13H,1-2H3,(H,12,14). The van der Waals surface area contributed by atoms with Crippen LogP contribution in [-0.4, -0.2) is 17.9 Å². The summed E-state index contributed by atoms with van der Waals surface area (Å²) in [6.45, 7) is 2.04. The van der Waals surface area contributed by atoms with Crippen LogP contribution in [0.25, 0.3) is 10.9 Å². The van der Waals surface area contributed by atoms with Gasteiger partial charge in [0, 0.05) is 29.7 Å². The van der Waals surface area contributed by atoms with Gasteiger partial charge in [0.2, 0.25) is 0 Å². The van der Waals surface area contributed by atoms with Gasteiger partial charge >= 0.3 is 0 Å². The minimum absolute atomic E-state index is 0.0563. The SMILES string of the molecule is CNC(=O)c1ccc2c(C)c[nH]c2c1. The monoisotopic (exact) mass is 188 g/mol. The Hall–Kier alpha value is -1.77. The number of nitrogens with one attached hydrogen (secondary N) is 2. The number of carbonyl (C=O) groups is 1. The van der Waals surface area contributed by atoms with E-state index in [-0.39, 0.29) is 5.91 Å². The molecule has 2 aromatic rings. The second-order valence-corrected chi connectivity index (χ2v) is 3.31. The van der Waals surface area contributed by atoms with Gasteiger partial charge in [-0.05, 0) is 24.6 Å². The van der Waals surface area contributed by atoms with E-state index in [1.807, 2.05) is 31.3 Å². The lowest BCUT2D eigenvalue weighted by Crippen LogP contribution is -2.17. The van der Waals surface area contributed by atoms with E-state index in [1.165, 1.54) is 5.56 Å². The molecule has 1 amide bonds. The maximum Gasteiger partial charge on any atom is 0.251 e. The number of aromatic nitrogens is 1. The molecule has 72 valence electrons. The number of fused-ring (bicyclic) bond motifs is 1. The molecule has 0 spiro atoms. The zero-order chi connectivity index (χ0) is 10.1. The van der Waals surface area contributed by atoms with Crippen LogP contribution in [0.3, 0.4) is 0 Å². The van der Waals surface area contributed by atoms with Gasteiger partial charge in [-0.3, -0.25) is 4.79 Å². The van der Waals surface area contributed by atoms with Crippen LogP contribution in [0.4, 0.5) is 0 Å². The van der Waals surface area contributed by atoms with Crippen LogP contribution >= 0.6 is 0 Å². The fourth-order valence-electron chi connectivity index (χ4n) is 1.56. The highest BCUT2D eigenvalue weighted by Gasteiger charge is 2.05. The summed E-state index contributed by atoms with van der Waals surface area (Å²) in [5.41, 5.74) is 2.88. The minimum atomic E-state index is -0.0563. The van der Waals surface area contributed by atoms with E-state index >= 15 is 0 Å². The summed E-state index contributed by atoms with van der Waals surface area (Å²) in [6, 6.07) is 5.66. The molecule has 0 atom stereocenters. The van der Waals surface area contributed by atoms with E-state index in [4.69, 9.17) is 0 Å². The Labute approximate surface area is 82.1 Å². The highest BCUT2D eigenvalue weighted by molar-refractivity contribution is 5.98. The van der Waals surface area contributed by atoms with E-state index in [2.05, 4.69) is 10.3 Å². The maximum absolute atomic E-state index is 11.3. The van der Waals surface area contributed by atoms with Crippen LogP contribution in [-0.2, 0) is 0 Å². The van der Waals surface area contributed by atoms with Crippen LogP contribution in [0, 0.1) is 6.92 Å². The minimum Gasteiger partial charge on any atom is -0.361 e. The number of carbonyl (C=O) groups excluding carboxylic acids is 1. The van der Waals surface area contributed by atoms with Crippen molar-refractivity contribution in [3.8, 4) is 0 Å². The van der Waals surface area contributed by atoms with Crippen molar-refractivity contribution in [2.75, 3.05) is 7.05 Å². The zero-order valence-electron chi connectivity index (χ0n) is 8.22. The number of benzene rings is 1. The molecule has 0 saturated carbocycles. The number of rotatable bonds is 1. The molecule has 0 radical (unpaired) electrons. The topological polar surface area (TPSA) is 44.9 Å². The number of aromatic amines is 1. The molecule has 0 bridgehead atoms. The van der Waals surface area contributed by atoms with E-state index in [0.29, 0.717) is 5.56 Å². The Morgan fingerprint density at radius 2 is 2.21 bits per heavy atom. The van der Waals surface area contributed by atoms with Crippen LogP contribution in [0.15, 0.2) is 24.4 Å². The van der Waals surface area contributed by atoms with Crippen LogP contribution < -0.4 is 5.32 Å². The molecule has 3 nitrogen and oxygen atoms in total. The van der Waals surface area contributed by atoms with E-state index < -0.39 is 0 Å². The van der Waals surface area contributed by atoms with Crippen LogP contribution in [0.1, 0.15) is 15.9 Å². The number of hydrogen-bond donors (Lipinski definition) is 2. The molecule has 3 heteroatoms. The van der Waals surface area contributed by atoms with Crippen molar-refractivity contribution in [1.29, 1.82) is 0 Å². The van der Waals surface area contributed by atoms with Gasteiger partial charge in [0.1, 0.15) is 0 Å². The van der Waals surface area contributed by atoms with Gasteiger partial charge in [-0.1, -0.05) is 6.07 Å². The first kappa shape index (κ1) is 8.81. The smallest absolute Gasteiger partial charge is 0.251 e. The summed E-state index contributed by atoms with van der Waals surface area (Å²) >= 11 is 0. The molecule has 2 rings (SSSR count). The first-order valence-corrected chi connectivity index (χ1v) is 4.52. The molecular formula is C11H12N2O.